The first kappa shape index (κ1) is 19.2. The molecular weight excluding hydrogens is 397 g/mol. The number of hydrogen-bond acceptors (Lipinski definition) is 3. The first-order valence-corrected chi connectivity index (χ1v) is 9.92. The molecule has 5 rings (SSSR count). The third kappa shape index (κ3) is 2.71. The van der Waals surface area contributed by atoms with Gasteiger partial charge in [-0.25, -0.2) is 13.8 Å². The minimum absolute atomic E-state index is 0.322. The van der Waals surface area contributed by atoms with Gasteiger partial charge < -0.3 is 0 Å². The summed E-state index contributed by atoms with van der Waals surface area (Å²) >= 11 is 0. The van der Waals surface area contributed by atoms with Gasteiger partial charge in [-0.3, -0.25) is 14.6 Å². The quantitative estimate of drug-likeness (QED) is 0.600. The molecule has 156 valence electrons. The van der Waals surface area contributed by atoms with Gasteiger partial charge in [0.2, 0.25) is 11.9 Å². The number of nitrogens with zero attached hydrogens (tertiary/aromatic N) is 5. The number of amides is 3. The minimum Gasteiger partial charge on any atom is -0.270 e. The number of aryl methyl sites for hydroxylation is 2. The molecule has 1 fully saturated rings. The monoisotopic (exact) mass is 418 g/mol. The first-order valence-electron chi connectivity index (χ1n) is 9.92. The number of hydrogen-bond donors (Lipinski definition) is 0. The number of benzene rings is 2. The molecule has 3 amide bonds. The molecule has 0 saturated carbocycles. The number of imide groups is 1. The maximum Gasteiger partial charge on any atom is 0.407 e. The Morgan fingerprint density at radius 3 is 2.35 bits per heavy atom. The summed E-state index contributed by atoms with van der Waals surface area (Å²) in [4.78, 5) is 32.6. The maximum atomic E-state index is 13.6. The molecule has 8 heteroatoms. The van der Waals surface area contributed by atoms with Gasteiger partial charge >= 0.3 is 12.0 Å². The van der Waals surface area contributed by atoms with Crippen LogP contribution in [0.15, 0.2) is 53.7 Å². The topological polar surface area (TPSA) is 61.8 Å². The van der Waals surface area contributed by atoms with E-state index in [1.165, 1.54) is 24.1 Å². The van der Waals surface area contributed by atoms with E-state index in [9.17, 15) is 14.0 Å². The number of halogens is 1. The second-order valence-electron chi connectivity index (χ2n) is 7.94. The van der Waals surface area contributed by atoms with Crippen LogP contribution in [0, 0.1) is 19.7 Å². The zero-order valence-corrected chi connectivity index (χ0v) is 17.6. The average Bonchev–Trinajstić information content (AvgIpc) is 3.29. The average molecular weight is 418 g/mol. The molecule has 3 aromatic rings. The molecule has 1 aromatic heterocycles. The van der Waals surface area contributed by atoms with Crippen LogP contribution in [-0.2, 0) is 4.79 Å². The molecule has 2 aromatic carbocycles. The van der Waals surface area contributed by atoms with Crippen LogP contribution in [0.2, 0.25) is 0 Å². The van der Waals surface area contributed by atoms with Crippen LogP contribution in [0.1, 0.15) is 17.2 Å². The Bertz CT molecular complexity index is 1290. The van der Waals surface area contributed by atoms with Crippen LogP contribution >= 0.6 is 0 Å². The van der Waals surface area contributed by atoms with Gasteiger partial charge in [-0.05, 0) is 61.4 Å². The molecule has 0 bridgehead atoms. The normalized spacial score (nSPS) is 17.7. The molecule has 0 spiro atoms. The van der Waals surface area contributed by atoms with Crippen LogP contribution in [-0.4, -0.2) is 46.2 Å². The van der Waals surface area contributed by atoms with Crippen molar-refractivity contribution in [2.75, 3.05) is 14.1 Å². The van der Waals surface area contributed by atoms with Crippen LogP contribution in [0.5, 0.6) is 0 Å². The molecule has 3 heterocycles. The van der Waals surface area contributed by atoms with E-state index in [4.69, 9.17) is 4.99 Å². The summed E-state index contributed by atoms with van der Waals surface area (Å²) in [5.41, 5.74) is 4.70. The van der Waals surface area contributed by atoms with Gasteiger partial charge in [0.1, 0.15) is 23.4 Å². The number of rotatable bonds is 2. The fraction of sp³-hybridized carbons (Fsp3) is 0.217. The summed E-state index contributed by atoms with van der Waals surface area (Å²) in [5.74, 6) is 0.267. The zero-order chi connectivity index (χ0) is 22.0. The lowest BCUT2D eigenvalue weighted by molar-refractivity contribution is -0.676. The Morgan fingerprint density at radius 1 is 0.968 bits per heavy atom. The van der Waals surface area contributed by atoms with E-state index in [1.807, 2.05) is 42.8 Å². The predicted octanol–water partition coefficient (Wildman–Crippen LogP) is 3.30. The van der Waals surface area contributed by atoms with Crippen molar-refractivity contribution in [1.82, 2.24) is 14.4 Å². The largest absolute Gasteiger partial charge is 0.407 e. The number of amidine groups is 1. The van der Waals surface area contributed by atoms with E-state index in [0.717, 1.165) is 33.0 Å². The highest BCUT2D eigenvalue weighted by Crippen LogP contribution is 2.35. The number of fused-ring (bicyclic) bond motifs is 3. The lowest BCUT2D eigenvalue weighted by Crippen LogP contribution is -2.61. The van der Waals surface area contributed by atoms with Crippen molar-refractivity contribution >= 4 is 23.7 Å². The molecule has 1 unspecified atom stereocenters. The molecule has 0 aliphatic carbocycles. The van der Waals surface area contributed by atoms with E-state index in [-0.39, 0.29) is 11.7 Å². The fourth-order valence-corrected chi connectivity index (χ4v) is 4.09. The SMILES string of the molecule is Cc1ccc(-n2c(-c3ccc(F)cc3)c[n+]3c2N=C2C3C(=O)N(C)C(=O)N2C)cc1C. The van der Waals surface area contributed by atoms with Crippen molar-refractivity contribution in [2.24, 2.45) is 4.99 Å². The van der Waals surface area contributed by atoms with Crippen molar-refractivity contribution in [2.45, 2.75) is 19.9 Å². The molecule has 31 heavy (non-hydrogen) atoms. The summed E-state index contributed by atoms with van der Waals surface area (Å²) in [7, 11) is 3.09. The lowest BCUT2D eigenvalue weighted by Gasteiger charge is -2.30. The predicted molar refractivity (Wildman–Crippen MR) is 113 cm³/mol. The van der Waals surface area contributed by atoms with Gasteiger partial charge in [0.05, 0.1) is 0 Å². The van der Waals surface area contributed by atoms with Crippen LogP contribution in [0.25, 0.3) is 16.9 Å². The van der Waals surface area contributed by atoms with Gasteiger partial charge in [-0.15, -0.1) is 0 Å². The molecule has 0 radical (unpaired) electrons. The van der Waals surface area contributed by atoms with Crippen LogP contribution < -0.4 is 4.57 Å². The van der Waals surface area contributed by atoms with Gasteiger partial charge in [-0.2, -0.15) is 4.57 Å². The van der Waals surface area contributed by atoms with E-state index >= 15 is 0 Å². The molecule has 2 aliphatic heterocycles. The number of aromatic nitrogens is 2. The molecule has 7 nitrogen and oxygen atoms in total. The van der Waals surface area contributed by atoms with E-state index in [0.29, 0.717) is 11.8 Å². The Morgan fingerprint density at radius 2 is 1.68 bits per heavy atom. The van der Waals surface area contributed by atoms with Crippen molar-refractivity contribution in [3.8, 4) is 16.9 Å². The van der Waals surface area contributed by atoms with Crippen LogP contribution in [0.3, 0.4) is 0 Å². The lowest BCUT2D eigenvalue weighted by atomic mass is 10.1. The van der Waals surface area contributed by atoms with E-state index in [2.05, 4.69) is 0 Å². The highest BCUT2D eigenvalue weighted by atomic mass is 19.1. The van der Waals surface area contributed by atoms with Crippen molar-refractivity contribution in [3.63, 3.8) is 0 Å². The molecule has 1 saturated heterocycles. The van der Waals surface area contributed by atoms with E-state index < -0.39 is 12.1 Å². The number of imidazole rings is 1. The minimum atomic E-state index is -0.727. The second kappa shape index (κ2) is 6.60. The number of aliphatic imine (C=N–C) groups is 1. The summed E-state index contributed by atoms with van der Waals surface area (Å²) in [6.45, 7) is 4.07. The molecular formula is C23H21FN5O2+. The third-order valence-corrected chi connectivity index (χ3v) is 6.04. The highest BCUT2D eigenvalue weighted by Gasteiger charge is 2.52. The van der Waals surface area contributed by atoms with Crippen molar-refractivity contribution in [1.29, 1.82) is 0 Å². The molecule has 0 N–H and O–H groups in total. The first-order chi connectivity index (χ1) is 14.8. The number of likely N-dealkylation sites (N-methyl/N-ethyl adjacent to an activating group) is 2. The van der Waals surface area contributed by atoms with Gasteiger partial charge in [-0.1, -0.05) is 11.1 Å². The van der Waals surface area contributed by atoms with Gasteiger partial charge in [0.15, 0.2) is 0 Å². The highest BCUT2D eigenvalue weighted by molar-refractivity contribution is 6.18. The summed E-state index contributed by atoms with van der Waals surface area (Å²) in [5, 5.41) is 0. The number of carbonyl (C=O) groups is 2. The Kier molecular flexibility index (Phi) is 4.08. The maximum absolute atomic E-state index is 13.6. The third-order valence-electron chi connectivity index (χ3n) is 6.04. The molecule has 2 aliphatic rings. The van der Waals surface area contributed by atoms with Crippen LogP contribution in [0.4, 0.5) is 15.1 Å². The van der Waals surface area contributed by atoms with Crippen molar-refractivity contribution in [3.05, 3.63) is 65.6 Å². The van der Waals surface area contributed by atoms with Gasteiger partial charge in [0, 0.05) is 19.7 Å². The Balaban J connectivity index is 1.78. The number of carbonyl (C=O) groups excluding carboxylic acids is 2. The zero-order valence-electron chi connectivity index (χ0n) is 17.6. The Hall–Kier alpha value is -3.81. The summed E-state index contributed by atoms with van der Waals surface area (Å²) in [6, 6.07) is 11.1. The summed E-state index contributed by atoms with van der Waals surface area (Å²) < 4.78 is 17.3. The smallest absolute Gasteiger partial charge is 0.270 e. The Labute approximate surface area is 178 Å². The standard InChI is InChI=1S/C23H21FN5O2/c1-13-5-10-17(11-14(13)2)29-18(15-6-8-16(24)9-7-15)12-28-19-20(25-22(28)29)26(3)23(31)27(4)21(19)30/h5-12,19H,1-4H3/q+1. The van der Waals surface area contributed by atoms with Gasteiger partial charge in [0.25, 0.3) is 5.91 Å². The molecule has 1 atom stereocenters. The summed E-state index contributed by atoms with van der Waals surface area (Å²) in [6.07, 6.45) is 1.84. The number of urea groups is 1. The fourth-order valence-electron chi connectivity index (χ4n) is 4.09. The van der Waals surface area contributed by atoms with Crippen molar-refractivity contribution < 1.29 is 18.5 Å². The van der Waals surface area contributed by atoms with E-state index in [1.54, 1.807) is 23.7 Å². The second-order valence-corrected chi connectivity index (χ2v) is 7.94.